The smallest absolute Gasteiger partial charge is 0.276 e. The van der Waals surface area contributed by atoms with Crippen molar-refractivity contribution in [3.8, 4) is 0 Å². The van der Waals surface area contributed by atoms with E-state index in [1.807, 2.05) is 0 Å². The zero-order valence-electron chi connectivity index (χ0n) is 22.4. The van der Waals surface area contributed by atoms with E-state index in [9.17, 15) is 30.0 Å². The lowest BCUT2D eigenvalue weighted by molar-refractivity contribution is -0.0580. The first-order chi connectivity index (χ1) is 20.2. The topological polar surface area (TPSA) is 259 Å². The van der Waals surface area contributed by atoms with E-state index in [1.54, 1.807) is 0 Å². The number of aromatic amines is 3. The molecule has 2 fully saturated rings. The summed E-state index contributed by atoms with van der Waals surface area (Å²) in [5.74, 6) is 5.92. The Hall–Kier alpha value is -3.72. The highest BCUT2D eigenvalue weighted by Crippen LogP contribution is 2.38. The van der Waals surface area contributed by atoms with Crippen molar-refractivity contribution in [2.75, 3.05) is 32.4 Å². The van der Waals surface area contributed by atoms with Crippen LogP contribution in [0.25, 0.3) is 22.1 Å². The summed E-state index contributed by atoms with van der Waals surface area (Å²) in [7, 11) is 2.77. The van der Waals surface area contributed by atoms with E-state index in [0.29, 0.717) is 5.56 Å². The summed E-state index contributed by atoms with van der Waals surface area (Å²) in [6.45, 7) is -0.901. The largest absolute Gasteiger partial charge is 0.394 e. The molecule has 2 saturated heterocycles. The van der Waals surface area contributed by atoms with Crippen LogP contribution in [0.5, 0.6) is 0 Å². The number of rotatable bonds is 8. The number of nitrogens with two attached hydrogens (primary N) is 1. The number of hydrazine groups is 1. The van der Waals surface area contributed by atoms with Crippen LogP contribution in [0.4, 0.5) is 11.9 Å². The van der Waals surface area contributed by atoms with Gasteiger partial charge in [0.25, 0.3) is 11.1 Å². The molecule has 18 heteroatoms. The number of fused-ring (bicyclic) bond motifs is 2. The zero-order valence-corrected chi connectivity index (χ0v) is 22.4. The summed E-state index contributed by atoms with van der Waals surface area (Å²) in [5, 5.41) is 41.2. The Labute approximate surface area is 235 Å². The standard InChI is InChI=1S/C24H30N8O10/c1-39-17-14(35)10(6-33)41-16(17)9-5-26-13-12(9)27-23(30-21(13)38)32(25)24-28-19-8(20(37)29-24)3-4-31(19)22-18(40-2)15(36)11(7-34)42-22/h3-5,10-11,14-18,22,26,33-36H,6-7,25H2,1-2H3,(H,27,30,38)(H,28,29,37)/t10-,11-,14-,15-,16+,17-,18-,22-/m1/s1. The van der Waals surface area contributed by atoms with Gasteiger partial charge in [0.1, 0.15) is 53.8 Å². The molecule has 0 bridgehead atoms. The number of H-pyrrole nitrogens is 3. The number of nitrogens with one attached hydrogen (secondary N) is 3. The summed E-state index contributed by atoms with van der Waals surface area (Å²) < 4.78 is 23.9. The molecule has 6 rings (SSSR count). The van der Waals surface area contributed by atoms with Gasteiger partial charge in [-0.05, 0) is 6.07 Å². The molecule has 0 aromatic carbocycles. The Morgan fingerprint density at radius 1 is 1.00 bits per heavy atom. The van der Waals surface area contributed by atoms with Crippen molar-refractivity contribution >= 4 is 34.0 Å². The molecule has 4 aromatic heterocycles. The highest BCUT2D eigenvalue weighted by Gasteiger charge is 2.46. The fourth-order valence-corrected chi connectivity index (χ4v) is 5.55. The van der Waals surface area contributed by atoms with Crippen molar-refractivity contribution in [3.63, 3.8) is 0 Å². The number of hydrogen-bond acceptors (Lipinski definition) is 14. The van der Waals surface area contributed by atoms with Gasteiger partial charge in [-0.15, -0.1) is 0 Å². The predicted molar refractivity (Wildman–Crippen MR) is 143 cm³/mol. The van der Waals surface area contributed by atoms with Crippen LogP contribution >= 0.6 is 0 Å². The molecular weight excluding hydrogens is 560 g/mol. The number of aliphatic hydroxyl groups is 4. The van der Waals surface area contributed by atoms with Crippen molar-refractivity contribution in [1.82, 2.24) is 29.5 Å². The first kappa shape index (κ1) is 28.4. The van der Waals surface area contributed by atoms with Gasteiger partial charge in [0.05, 0.1) is 18.6 Å². The van der Waals surface area contributed by atoms with Crippen molar-refractivity contribution in [3.05, 3.63) is 44.7 Å². The van der Waals surface area contributed by atoms with Gasteiger partial charge in [0, 0.05) is 32.2 Å². The summed E-state index contributed by atoms with van der Waals surface area (Å²) in [4.78, 5) is 42.9. The van der Waals surface area contributed by atoms with Crippen LogP contribution in [0.3, 0.4) is 0 Å². The Morgan fingerprint density at radius 2 is 1.64 bits per heavy atom. The summed E-state index contributed by atoms with van der Waals surface area (Å²) >= 11 is 0. The number of hydrogen-bond donors (Lipinski definition) is 8. The van der Waals surface area contributed by atoms with Crippen LogP contribution in [0.2, 0.25) is 0 Å². The molecule has 0 saturated carbocycles. The average molecular weight is 591 g/mol. The molecule has 8 atom stereocenters. The molecule has 0 unspecified atom stereocenters. The van der Waals surface area contributed by atoms with E-state index in [-0.39, 0.29) is 34.0 Å². The molecule has 2 aliphatic heterocycles. The highest BCUT2D eigenvalue weighted by atomic mass is 16.6. The molecule has 0 spiro atoms. The third-order valence-electron chi connectivity index (χ3n) is 7.71. The van der Waals surface area contributed by atoms with Crippen molar-refractivity contribution in [2.45, 2.75) is 49.0 Å². The van der Waals surface area contributed by atoms with Gasteiger partial charge >= 0.3 is 0 Å². The molecule has 0 radical (unpaired) electrons. The van der Waals surface area contributed by atoms with Gasteiger partial charge in [-0.25, -0.2) is 15.8 Å². The third kappa shape index (κ3) is 4.32. The van der Waals surface area contributed by atoms with Gasteiger partial charge in [-0.2, -0.15) is 4.98 Å². The lowest BCUT2D eigenvalue weighted by Gasteiger charge is -2.21. The zero-order chi connectivity index (χ0) is 29.9. The molecule has 6 heterocycles. The van der Waals surface area contributed by atoms with E-state index < -0.39 is 73.3 Å². The molecule has 9 N–H and O–H groups in total. The maximum absolute atomic E-state index is 13.0. The minimum Gasteiger partial charge on any atom is -0.394 e. The maximum Gasteiger partial charge on any atom is 0.276 e. The molecule has 0 aliphatic carbocycles. The summed E-state index contributed by atoms with van der Waals surface area (Å²) in [6, 6.07) is 1.50. The van der Waals surface area contributed by atoms with Gasteiger partial charge in [0.15, 0.2) is 11.9 Å². The molecule has 226 valence electrons. The van der Waals surface area contributed by atoms with Crippen LogP contribution in [0.15, 0.2) is 28.0 Å². The van der Waals surface area contributed by atoms with Gasteiger partial charge < -0.3 is 48.9 Å². The second kappa shape index (κ2) is 10.8. The van der Waals surface area contributed by atoms with E-state index in [1.165, 1.54) is 37.2 Å². The number of ether oxygens (including phenoxy) is 4. The van der Waals surface area contributed by atoms with Gasteiger partial charge in [-0.1, -0.05) is 0 Å². The van der Waals surface area contributed by atoms with Crippen molar-refractivity contribution in [1.29, 1.82) is 0 Å². The van der Waals surface area contributed by atoms with E-state index in [2.05, 4.69) is 24.9 Å². The lowest BCUT2D eigenvalue weighted by Crippen LogP contribution is -2.35. The Balaban J connectivity index is 1.40. The number of nitrogens with zero attached hydrogens (tertiary/aromatic N) is 4. The molecule has 2 aliphatic rings. The van der Waals surface area contributed by atoms with Crippen LogP contribution in [0.1, 0.15) is 17.9 Å². The lowest BCUT2D eigenvalue weighted by atomic mass is 10.0. The number of aromatic nitrogens is 6. The average Bonchev–Trinajstić information content (AvgIpc) is 3.75. The highest BCUT2D eigenvalue weighted by molar-refractivity contribution is 5.80. The fourth-order valence-electron chi connectivity index (χ4n) is 5.55. The Kier molecular flexibility index (Phi) is 7.33. The van der Waals surface area contributed by atoms with E-state index in [4.69, 9.17) is 24.8 Å². The van der Waals surface area contributed by atoms with Crippen molar-refractivity contribution in [2.24, 2.45) is 5.84 Å². The Morgan fingerprint density at radius 3 is 2.33 bits per heavy atom. The first-order valence-electron chi connectivity index (χ1n) is 12.9. The van der Waals surface area contributed by atoms with Gasteiger partial charge in [0.2, 0.25) is 11.9 Å². The van der Waals surface area contributed by atoms with Crippen molar-refractivity contribution < 1.29 is 39.4 Å². The molecular formula is C24H30N8O10. The third-order valence-corrected chi connectivity index (χ3v) is 7.71. The van der Waals surface area contributed by atoms with Crippen LogP contribution in [0, 0.1) is 0 Å². The van der Waals surface area contributed by atoms with E-state index >= 15 is 0 Å². The monoisotopic (exact) mass is 590 g/mol. The molecule has 0 amide bonds. The normalized spacial score (nSPS) is 29.7. The molecule has 42 heavy (non-hydrogen) atoms. The van der Waals surface area contributed by atoms with Crippen LogP contribution in [-0.4, -0.2) is 114 Å². The predicted octanol–water partition coefficient (Wildman–Crippen LogP) is -2.63. The number of anilines is 2. The van der Waals surface area contributed by atoms with Crippen LogP contribution in [-0.2, 0) is 18.9 Å². The van der Waals surface area contributed by atoms with E-state index in [0.717, 1.165) is 5.01 Å². The second-order valence-corrected chi connectivity index (χ2v) is 9.98. The Bertz CT molecular complexity index is 1590. The van der Waals surface area contributed by atoms with Gasteiger partial charge in [-0.3, -0.25) is 19.6 Å². The minimum absolute atomic E-state index is 0.0920. The second-order valence-electron chi connectivity index (χ2n) is 9.98. The molecule has 4 aromatic rings. The first-order valence-corrected chi connectivity index (χ1v) is 12.9. The summed E-state index contributed by atoms with van der Waals surface area (Å²) in [6.07, 6.45) is -4.61. The fraction of sp³-hybridized carbons (Fsp3) is 0.500. The quantitative estimate of drug-likeness (QED) is 0.0772. The number of aliphatic hydroxyl groups excluding tert-OH is 4. The van der Waals surface area contributed by atoms with Crippen LogP contribution < -0.4 is 22.0 Å². The molecule has 18 nitrogen and oxygen atoms in total. The summed E-state index contributed by atoms with van der Waals surface area (Å²) in [5.41, 5.74) is -0.415. The minimum atomic E-state index is -1.14. The maximum atomic E-state index is 13.0. The number of methoxy groups -OCH3 is 2. The SMILES string of the molecule is CO[C@@H]1[C@H](O)[C@@H](CO)O[C@H]1n1ccc2c(=O)[nH]c(N(N)c3nc4c([C@@H]5O[C@H](CO)[C@@H](O)[C@H]5OC)c[nH]c4c(=O)[nH]3)nc21.